The van der Waals surface area contributed by atoms with Crippen LogP contribution in [0.25, 0.3) is 0 Å². The molecule has 0 atom stereocenters. The highest BCUT2D eigenvalue weighted by molar-refractivity contribution is 5.66. The first-order chi connectivity index (χ1) is 11.3. The number of carboxylic acid groups (broad SMARTS) is 1. The number of allylic oxidation sites excluding steroid dienone is 4. The Balaban J connectivity index is 3.48. The van der Waals surface area contributed by atoms with Gasteiger partial charge in [-0.05, 0) is 19.3 Å². The van der Waals surface area contributed by atoms with Crippen LogP contribution < -0.4 is 0 Å². The molecule has 0 aromatic heterocycles. The molecule has 0 bridgehead atoms. The zero-order valence-electron chi connectivity index (χ0n) is 14.4. The van der Waals surface area contributed by atoms with E-state index in [1.54, 1.807) is 0 Å². The maximum absolute atomic E-state index is 10.3. The van der Waals surface area contributed by atoms with Crippen LogP contribution in [0, 0.1) is 23.7 Å². The highest BCUT2D eigenvalue weighted by Crippen LogP contribution is 2.03. The summed E-state index contributed by atoms with van der Waals surface area (Å²) in [5, 5.41) is 8.47. The van der Waals surface area contributed by atoms with Crippen LogP contribution in [0.1, 0.15) is 77.6 Å². The summed E-state index contributed by atoms with van der Waals surface area (Å²) >= 11 is 0. The van der Waals surface area contributed by atoms with E-state index in [2.05, 4.69) is 42.8 Å². The SMILES string of the molecule is CCCCCC/C=C\CC#CC/C=C\CC#CCCCC(=O)O. The molecule has 126 valence electrons. The Morgan fingerprint density at radius 3 is 2.04 bits per heavy atom. The summed E-state index contributed by atoms with van der Waals surface area (Å²) in [6, 6.07) is 0. The van der Waals surface area contributed by atoms with Crippen LogP contribution in [0.5, 0.6) is 0 Å². The second kappa shape index (κ2) is 18.1. The van der Waals surface area contributed by atoms with Crippen molar-refractivity contribution in [1.29, 1.82) is 0 Å². The van der Waals surface area contributed by atoms with Crippen LogP contribution in [0.3, 0.4) is 0 Å². The molecule has 0 amide bonds. The molecule has 0 fully saturated rings. The lowest BCUT2D eigenvalue weighted by Gasteiger charge is -1.93. The van der Waals surface area contributed by atoms with Crippen LogP contribution >= 0.6 is 0 Å². The van der Waals surface area contributed by atoms with E-state index in [-0.39, 0.29) is 6.42 Å². The maximum Gasteiger partial charge on any atom is 0.303 e. The number of carboxylic acids is 1. The Kier molecular flexibility index (Phi) is 16.6. The molecule has 0 aromatic rings. The van der Waals surface area contributed by atoms with Gasteiger partial charge in [0.15, 0.2) is 0 Å². The molecule has 0 rings (SSSR count). The molecule has 0 saturated carbocycles. The predicted octanol–water partition coefficient (Wildman–Crippen LogP) is 5.50. The van der Waals surface area contributed by atoms with Gasteiger partial charge in [0.25, 0.3) is 0 Å². The van der Waals surface area contributed by atoms with Gasteiger partial charge in [-0.3, -0.25) is 4.79 Å². The quantitative estimate of drug-likeness (QED) is 0.310. The number of hydrogen-bond acceptors (Lipinski definition) is 1. The Hall–Kier alpha value is -1.93. The third-order valence-electron chi connectivity index (χ3n) is 3.16. The first-order valence-electron chi connectivity index (χ1n) is 8.70. The molecule has 0 aliphatic rings. The van der Waals surface area contributed by atoms with Gasteiger partial charge in [0.1, 0.15) is 0 Å². The fraction of sp³-hybridized carbons (Fsp3) is 0.571. The zero-order chi connectivity index (χ0) is 17.0. The number of hydrogen-bond donors (Lipinski definition) is 1. The number of rotatable bonds is 11. The maximum atomic E-state index is 10.3. The predicted molar refractivity (Wildman–Crippen MR) is 97.9 cm³/mol. The van der Waals surface area contributed by atoms with Crippen molar-refractivity contribution in [3.8, 4) is 23.7 Å². The van der Waals surface area contributed by atoms with Crippen molar-refractivity contribution in [2.24, 2.45) is 0 Å². The summed E-state index contributed by atoms with van der Waals surface area (Å²) in [6.45, 7) is 2.23. The molecule has 2 heteroatoms. The Bertz CT molecular complexity index is 464. The number of carbonyl (C=O) groups is 1. The van der Waals surface area contributed by atoms with Gasteiger partial charge in [0.05, 0.1) is 0 Å². The summed E-state index contributed by atoms with van der Waals surface area (Å²) < 4.78 is 0. The van der Waals surface area contributed by atoms with Crippen molar-refractivity contribution in [1.82, 2.24) is 0 Å². The molecule has 0 unspecified atom stereocenters. The van der Waals surface area contributed by atoms with E-state index in [0.29, 0.717) is 19.3 Å². The first-order valence-corrected chi connectivity index (χ1v) is 8.70. The van der Waals surface area contributed by atoms with E-state index in [1.165, 1.54) is 32.1 Å². The third-order valence-corrected chi connectivity index (χ3v) is 3.16. The van der Waals surface area contributed by atoms with Gasteiger partial charge in [-0.15, -0.1) is 5.92 Å². The van der Waals surface area contributed by atoms with Crippen molar-refractivity contribution in [2.75, 3.05) is 0 Å². The molecule has 23 heavy (non-hydrogen) atoms. The lowest BCUT2D eigenvalue weighted by molar-refractivity contribution is -0.137. The first kappa shape index (κ1) is 21.1. The minimum atomic E-state index is -0.753. The number of unbranched alkanes of at least 4 members (excludes halogenated alkanes) is 5. The molecule has 0 aliphatic carbocycles. The van der Waals surface area contributed by atoms with Crippen LogP contribution in [0.2, 0.25) is 0 Å². The molecule has 0 spiro atoms. The highest BCUT2D eigenvalue weighted by Gasteiger charge is 1.92. The van der Waals surface area contributed by atoms with Crippen LogP contribution in [0.15, 0.2) is 24.3 Å². The molecular formula is C21H30O2. The summed E-state index contributed by atoms with van der Waals surface area (Å²) in [6.07, 6.45) is 18.7. The van der Waals surface area contributed by atoms with Gasteiger partial charge in [0.2, 0.25) is 0 Å². The second-order valence-electron chi connectivity index (χ2n) is 5.36. The summed E-state index contributed by atoms with van der Waals surface area (Å²) in [5.41, 5.74) is 0. The van der Waals surface area contributed by atoms with Gasteiger partial charge in [-0.1, -0.05) is 68.3 Å². The Labute approximate surface area is 142 Å². The van der Waals surface area contributed by atoms with Crippen molar-refractivity contribution < 1.29 is 9.90 Å². The molecule has 0 aromatic carbocycles. The normalized spacial score (nSPS) is 10.3. The van der Waals surface area contributed by atoms with E-state index < -0.39 is 5.97 Å². The van der Waals surface area contributed by atoms with Crippen molar-refractivity contribution in [3.05, 3.63) is 24.3 Å². The molecular weight excluding hydrogens is 284 g/mol. The topological polar surface area (TPSA) is 37.3 Å². The zero-order valence-corrected chi connectivity index (χ0v) is 14.4. The molecule has 2 nitrogen and oxygen atoms in total. The highest BCUT2D eigenvalue weighted by atomic mass is 16.4. The van der Waals surface area contributed by atoms with E-state index in [4.69, 9.17) is 5.11 Å². The van der Waals surface area contributed by atoms with E-state index in [0.717, 1.165) is 12.8 Å². The minimum absolute atomic E-state index is 0.202. The summed E-state index contributed by atoms with van der Waals surface area (Å²) in [7, 11) is 0. The van der Waals surface area contributed by atoms with Crippen LogP contribution in [-0.2, 0) is 4.79 Å². The standard InChI is InChI=1S/C21H30O2/c1-2-3-4-5-6-7-8-9-10-11-12-13-14-15-16-17-18-19-20-21(22)23/h7-8,13-14H,2-6,9,12,15,18-20H2,1H3,(H,22,23)/b8-7-,14-13-. The van der Waals surface area contributed by atoms with Gasteiger partial charge in [0, 0.05) is 32.1 Å². The Morgan fingerprint density at radius 1 is 0.826 bits per heavy atom. The lowest BCUT2D eigenvalue weighted by Crippen LogP contribution is -1.92. The van der Waals surface area contributed by atoms with Gasteiger partial charge < -0.3 is 5.11 Å². The largest absolute Gasteiger partial charge is 0.481 e. The average Bonchev–Trinajstić information content (AvgIpc) is 2.53. The average molecular weight is 314 g/mol. The van der Waals surface area contributed by atoms with Gasteiger partial charge in [-0.25, -0.2) is 0 Å². The summed E-state index contributed by atoms with van der Waals surface area (Å²) in [4.78, 5) is 10.3. The van der Waals surface area contributed by atoms with Crippen LogP contribution in [-0.4, -0.2) is 11.1 Å². The Morgan fingerprint density at radius 2 is 1.43 bits per heavy atom. The molecule has 1 N–H and O–H groups in total. The van der Waals surface area contributed by atoms with Crippen molar-refractivity contribution >= 4 is 5.97 Å². The van der Waals surface area contributed by atoms with Crippen molar-refractivity contribution in [2.45, 2.75) is 77.6 Å². The number of aliphatic carboxylic acids is 1. The van der Waals surface area contributed by atoms with Gasteiger partial charge >= 0.3 is 5.97 Å². The molecule has 0 heterocycles. The second-order valence-corrected chi connectivity index (χ2v) is 5.36. The monoisotopic (exact) mass is 314 g/mol. The third kappa shape index (κ3) is 20.1. The molecule has 0 radical (unpaired) electrons. The van der Waals surface area contributed by atoms with E-state index in [9.17, 15) is 4.79 Å². The van der Waals surface area contributed by atoms with E-state index >= 15 is 0 Å². The smallest absolute Gasteiger partial charge is 0.303 e. The fourth-order valence-corrected chi connectivity index (χ4v) is 1.87. The molecule has 0 saturated heterocycles. The lowest BCUT2D eigenvalue weighted by atomic mass is 10.1. The van der Waals surface area contributed by atoms with Gasteiger partial charge in [-0.2, -0.15) is 0 Å². The minimum Gasteiger partial charge on any atom is -0.481 e. The fourth-order valence-electron chi connectivity index (χ4n) is 1.87. The van der Waals surface area contributed by atoms with E-state index in [1.807, 2.05) is 12.2 Å². The van der Waals surface area contributed by atoms with Crippen LogP contribution in [0.4, 0.5) is 0 Å². The molecule has 0 aliphatic heterocycles. The van der Waals surface area contributed by atoms with Crippen molar-refractivity contribution in [3.63, 3.8) is 0 Å². The summed E-state index contributed by atoms with van der Waals surface area (Å²) in [5.74, 6) is 11.5.